The van der Waals surface area contributed by atoms with Crippen LogP contribution in [0.25, 0.3) is 22.8 Å². The fraction of sp³-hybridized carbons (Fsp3) is 0.138. The normalized spacial score (nSPS) is 12.3. The highest BCUT2D eigenvalue weighted by molar-refractivity contribution is 5.92. The third-order valence-corrected chi connectivity index (χ3v) is 6.28. The van der Waals surface area contributed by atoms with Crippen molar-refractivity contribution in [1.29, 1.82) is 5.26 Å². The summed E-state index contributed by atoms with van der Waals surface area (Å²) in [7, 11) is 1.07. The molecule has 1 amide bonds. The number of rotatable bonds is 6. The van der Waals surface area contributed by atoms with E-state index in [1.165, 1.54) is 12.1 Å². The van der Waals surface area contributed by atoms with Crippen molar-refractivity contribution in [2.24, 2.45) is 0 Å². The number of hydrogen-bond donors (Lipinski definition) is 1. The average molecular weight is 545 g/mol. The minimum atomic E-state index is -4.72. The highest BCUT2D eigenvalue weighted by Gasteiger charge is 2.35. The fourth-order valence-corrected chi connectivity index (χ4v) is 4.41. The molecular weight excluding hydrogens is 526 g/mol. The summed E-state index contributed by atoms with van der Waals surface area (Å²) in [6.45, 7) is 0. The summed E-state index contributed by atoms with van der Waals surface area (Å²) in [5.74, 6) is -1.83. The number of alkyl halides is 3. The molecular formula is C29H19F4N5O2. The summed E-state index contributed by atoms with van der Waals surface area (Å²) < 4.78 is 59.4. The predicted octanol–water partition coefficient (Wildman–Crippen LogP) is 5.85. The summed E-state index contributed by atoms with van der Waals surface area (Å²) in [5, 5.41) is 11.5. The highest BCUT2D eigenvalue weighted by atomic mass is 19.4. The number of carbonyl (C=O) groups excluding carboxylic acids is 1. The van der Waals surface area contributed by atoms with E-state index in [2.05, 4.69) is 25.0 Å². The van der Waals surface area contributed by atoms with Gasteiger partial charge in [0.2, 0.25) is 11.8 Å². The molecule has 4 aromatic rings. The number of hydrogen-bond acceptors (Lipinski definition) is 6. The average Bonchev–Trinajstić information content (AvgIpc) is 3.36. The molecule has 0 spiro atoms. The van der Waals surface area contributed by atoms with Crippen LogP contribution in [0.1, 0.15) is 33.6 Å². The molecule has 5 rings (SSSR count). The van der Waals surface area contributed by atoms with Crippen LogP contribution in [-0.2, 0) is 23.8 Å². The van der Waals surface area contributed by atoms with E-state index in [4.69, 9.17) is 5.26 Å². The molecule has 200 valence electrons. The van der Waals surface area contributed by atoms with Gasteiger partial charge in [-0.15, -0.1) is 0 Å². The molecule has 40 heavy (non-hydrogen) atoms. The quantitative estimate of drug-likeness (QED) is 0.305. The van der Waals surface area contributed by atoms with E-state index in [-0.39, 0.29) is 17.7 Å². The zero-order chi connectivity index (χ0) is 28.4. The van der Waals surface area contributed by atoms with Crippen molar-refractivity contribution in [3.05, 3.63) is 101 Å². The Hall–Kier alpha value is -5.11. The Morgan fingerprint density at radius 1 is 1.07 bits per heavy atom. The van der Waals surface area contributed by atoms with Gasteiger partial charge in [-0.1, -0.05) is 12.1 Å². The van der Waals surface area contributed by atoms with Crippen molar-refractivity contribution >= 4 is 23.2 Å². The first kappa shape index (κ1) is 26.5. The van der Waals surface area contributed by atoms with Gasteiger partial charge in [0.15, 0.2) is 0 Å². The lowest BCUT2D eigenvalue weighted by Crippen LogP contribution is -2.16. The second kappa shape index (κ2) is 10.6. The summed E-state index contributed by atoms with van der Waals surface area (Å²) in [4.78, 5) is 24.5. The van der Waals surface area contributed by atoms with Crippen LogP contribution in [0.2, 0.25) is 0 Å². The lowest BCUT2D eigenvalue weighted by Gasteiger charge is -2.13. The molecule has 3 heterocycles. The van der Waals surface area contributed by atoms with E-state index in [9.17, 15) is 18.0 Å². The molecule has 0 aliphatic heterocycles. The van der Waals surface area contributed by atoms with E-state index in [0.29, 0.717) is 23.2 Å². The molecule has 0 saturated heterocycles. The number of halogens is 4. The van der Waals surface area contributed by atoms with Gasteiger partial charge in [0, 0.05) is 29.9 Å². The number of aromatic nitrogens is 3. The Labute approximate surface area is 225 Å². The lowest BCUT2D eigenvalue weighted by atomic mass is 10.0. The molecule has 1 aromatic carbocycles. The van der Waals surface area contributed by atoms with Crippen LogP contribution in [0.5, 0.6) is 5.88 Å². The minimum Gasteiger partial charge on any atom is -0.481 e. The Bertz CT molecular complexity index is 1710. The molecule has 1 N–H and O–H groups in total. The van der Waals surface area contributed by atoms with Crippen LogP contribution in [-0.4, -0.2) is 28.0 Å². The topological polar surface area (TPSA) is 101 Å². The summed E-state index contributed by atoms with van der Waals surface area (Å²) in [6.07, 6.45) is 1.71. The smallest absolute Gasteiger partial charge is 0.421 e. The molecule has 1 aliphatic rings. The summed E-state index contributed by atoms with van der Waals surface area (Å²) in [6, 6.07) is 12.4. The van der Waals surface area contributed by atoms with Crippen LogP contribution >= 0.6 is 0 Å². The third-order valence-electron chi connectivity index (χ3n) is 6.28. The Morgan fingerprint density at radius 2 is 1.90 bits per heavy atom. The number of nitrogens with one attached hydrogen (secondary N) is 1. The van der Waals surface area contributed by atoms with E-state index < -0.39 is 29.3 Å². The molecule has 0 radical (unpaired) electrons. The molecule has 7 nitrogen and oxygen atoms in total. The van der Waals surface area contributed by atoms with Crippen LogP contribution in [0.15, 0.2) is 61.1 Å². The molecule has 0 bridgehead atoms. The van der Waals surface area contributed by atoms with Crippen LogP contribution < -0.4 is 10.1 Å². The van der Waals surface area contributed by atoms with Gasteiger partial charge in [0.25, 0.3) is 0 Å². The molecule has 11 heteroatoms. The molecule has 0 saturated carbocycles. The largest absolute Gasteiger partial charge is 0.481 e. The molecule has 1 aliphatic carbocycles. The van der Waals surface area contributed by atoms with Gasteiger partial charge >= 0.3 is 6.18 Å². The number of ether oxygens (including phenoxy) is 1. The number of amides is 1. The van der Waals surface area contributed by atoms with Crippen LogP contribution in [0.4, 0.5) is 23.2 Å². The second-order valence-corrected chi connectivity index (χ2v) is 8.97. The maximum Gasteiger partial charge on any atom is 0.421 e. The number of methoxy groups -OCH3 is 1. The van der Waals surface area contributed by atoms with Gasteiger partial charge < -0.3 is 10.1 Å². The first-order valence-corrected chi connectivity index (χ1v) is 11.9. The maximum atomic E-state index is 15.1. The SMILES string of the molecule is COc1ncc(NC(=O)Cc2ccc(-c3cnc4c(c3)C=C(c3ccnc(C#N)c3)C4)c(F)c2)cc1C(F)(F)F. The lowest BCUT2D eigenvalue weighted by molar-refractivity contribution is -0.139. The van der Waals surface area contributed by atoms with Crippen LogP contribution in [0, 0.1) is 17.1 Å². The highest BCUT2D eigenvalue weighted by Crippen LogP contribution is 2.36. The molecule has 0 fully saturated rings. The van der Waals surface area contributed by atoms with Gasteiger partial charge in [-0.05, 0) is 58.7 Å². The third kappa shape index (κ3) is 5.51. The number of allylic oxidation sites excluding steroid dienone is 1. The number of nitrogens with zero attached hydrogens (tertiary/aromatic N) is 4. The minimum absolute atomic E-state index is 0.164. The monoisotopic (exact) mass is 545 g/mol. The van der Waals surface area contributed by atoms with Gasteiger partial charge in [-0.3, -0.25) is 9.78 Å². The first-order valence-electron chi connectivity index (χ1n) is 11.9. The number of nitriles is 1. The Kier molecular flexibility index (Phi) is 7.00. The standard InChI is InChI=1S/C29H19F4N5O2/c1-40-28-24(29(31,32)33)12-22(15-37-28)38-27(39)7-16-2-3-23(25(30)6-16)20-9-19-8-18(11-26(19)36-14-20)17-4-5-35-21(10-17)13-34/h2-6,8-10,12,14-15H,7,11H2,1H3,(H,38,39). The van der Waals surface area contributed by atoms with Crippen molar-refractivity contribution in [2.45, 2.75) is 19.0 Å². The van der Waals surface area contributed by atoms with Crippen LogP contribution in [0.3, 0.4) is 0 Å². The van der Waals surface area contributed by atoms with E-state index in [1.807, 2.05) is 24.3 Å². The summed E-state index contributed by atoms with van der Waals surface area (Å²) >= 11 is 0. The Morgan fingerprint density at radius 3 is 2.62 bits per heavy atom. The van der Waals surface area contributed by atoms with Crippen molar-refractivity contribution in [3.63, 3.8) is 0 Å². The van der Waals surface area contributed by atoms with Gasteiger partial charge in [-0.2, -0.15) is 18.4 Å². The predicted molar refractivity (Wildman–Crippen MR) is 138 cm³/mol. The number of pyridine rings is 3. The van der Waals surface area contributed by atoms with Crippen molar-refractivity contribution < 1.29 is 27.1 Å². The van der Waals surface area contributed by atoms with Crippen molar-refractivity contribution in [3.8, 4) is 23.1 Å². The number of fused-ring (bicyclic) bond motifs is 1. The number of benzene rings is 1. The molecule has 0 atom stereocenters. The maximum absolute atomic E-state index is 15.1. The fourth-order valence-electron chi connectivity index (χ4n) is 4.41. The van der Waals surface area contributed by atoms with E-state index in [0.717, 1.165) is 41.8 Å². The number of anilines is 1. The van der Waals surface area contributed by atoms with Crippen molar-refractivity contribution in [1.82, 2.24) is 15.0 Å². The van der Waals surface area contributed by atoms with E-state index >= 15 is 4.39 Å². The molecule has 3 aromatic heterocycles. The zero-order valence-electron chi connectivity index (χ0n) is 20.9. The van der Waals surface area contributed by atoms with Gasteiger partial charge in [0.05, 0.1) is 31.1 Å². The molecule has 0 unspecified atom stereocenters. The Balaban J connectivity index is 1.31. The van der Waals surface area contributed by atoms with Crippen molar-refractivity contribution in [2.75, 3.05) is 12.4 Å². The van der Waals surface area contributed by atoms with Gasteiger partial charge in [0.1, 0.15) is 23.1 Å². The van der Waals surface area contributed by atoms with Gasteiger partial charge in [-0.25, -0.2) is 14.4 Å². The first-order chi connectivity index (χ1) is 19.1. The second-order valence-electron chi connectivity index (χ2n) is 8.97. The zero-order valence-corrected chi connectivity index (χ0v) is 20.9. The van der Waals surface area contributed by atoms with E-state index in [1.54, 1.807) is 24.5 Å². The summed E-state index contributed by atoms with van der Waals surface area (Å²) in [5.41, 5.74) is 3.66. The number of carbonyl (C=O) groups is 1.